The van der Waals surface area contributed by atoms with Crippen molar-refractivity contribution in [2.75, 3.05) is 6.54 Å². The summed E-state index contributed by atoms with van der Waals surface area (Å²) in [7, 11) is 0. The SMILES string of the molecule is CCCN=C(N)N[C@H]1CC(C(=O)O)=C[C@@H](OC(CC)CC)[C@@H]1NC(C)=O.O=C(O)C(F)(F)F. The zero-order valence-electron chi connectivity index (χ0n) is 19.1. The third kappa shape index (κ3) is 11.6. The van der Waals surface area contributed by atoms with E-state index in [0.29, 0.717) is 6.54 Å². The van der Waals surface area contributed by atoms with E-state index in [0.717, 1.165) is 19.3 Å². The first kappa shape index (κ1) is 30.2. The van der Waals surface area contributed by atoms with Crippen LogP contribution in [0.3, 0.4) is 0 Å². The van der Waals surface area contributed by atoms with Crippen LogP contribution in [0, 0.1) is 0 Å². The van der Waals surface area contributed by atoms with Gasteiger partial charge in [0.1, 0.15) is 0 Å². The number of rotatable bonds is 9. The van der Waals surface area contributed by atoms with Crippen molar-refractivity contribution < 1.29 is 42.5 Å². The highest BCUT2D eigenvalue weighted by Crippen LogP contribution is 2.24. The standard InChI is InChI=1S/C18H32N4O4.C2HF3O2/c1-5-8-20-18(19)22-14-9-12(17(24)25)10-15(16(14)21-11(4)23)26-13(6-2)7-3;3-2(4,5)1(6)7/h10,13-16H,5-9H2,1-4H3,(H,21,23)(H,24,25)(H3,19,20,22);(H,6,7)/t14-,15+,16+;/m0./s1. The molecule has 0 aromatic rings. The lowest BCUT2D eigenvalue weighted by Crippen LogP contribution is -2.60. The van der Waals surface area contributed by atoms with Gasteiger partial charge in [0.25, 0.3) is 0 Å². The molecule has 1 rings (SSSR count). The Bertz CT molecular complexity index is 723. The molecular weight excluding hydrogens is 449 g/mol. The van der Waals surface area contributed by atoms with Crippen molar-refractivity contribution in [3.63, 3.8) is 0 Å². The fourth-order valence-electron chi connectivity index (χ4n) is 2.97. The average molecular weight is 483 g/mol. The van der Waals surface area contributed by atoms with Crippen LogP contribution >= 0.6 is 0 Å². The van der Waals surface area contributed by atoms with Crippen molar-refractivity contribution in [2.24, 2.45) is 10.7 Å². The van der Waals surface area contributed by atoms with Gasteiger partial charge in [0.05, 0.1) is 24.3 Å². The predicted molar refractivity (Wildman–Crippen MR) is 115 cm³/mol. The minimum atomic E-state index is -5.08. The summed E-state index contributed by atoms with van der Waals surface area (Å²) in [4.78, 5) is 36.4. The molecule has 0 heterocycles. The minimum absolute atomic E-state index is 0.0209. The second-order valence-corrected chi connectivity index (χ2v) is 7.29. The lowest BCUT2D eigenvalue weighted by molar-refractivity contribution is -0.192. The summed E-state index contributed by atoms with van der Waals surface area (Å²) in [5.41, 5.74) is 6.16. The second-order valence-electron chi connectivity index (χ2n) is 7.29. The highest BCUT2D eigenvalue weighted by molar-refractivity contribution is 5.87. The summed E-state index contributed by atoms with van der Waals surface area (Å²) in [6.45, 7) is 8.01. The molecule has 190 valence electrons. The summed E-state index contributed by atoms with van der Waals surface area (Å²) in [5.74, 6) is -3.73. The smallest absolute Gasteiger partial charge is 0.478 e. The number of carbonyl (C=O) groups excluding carboxylic acids is 1. The Morgan fingerprint density at radius 3 is 2.15 bits per heavy atom. The molecule has 0 radical (unpaired) electrons. The Kier molecular flexibility index (Phi) is 13.1. The quantitative estimate of drug-likeness (QED) is 0.245. The number of nitrogens with one attached hydrogen (secondary N) is 2. The topological polar surface area (TPSA) is 163 Å². The number of carbonyl (C=O) groups is 3. The highest BCUT2D eigenvalue weighted by atomic mass is 19.4. The third-order valence-corrected chi connectivity index (χ3v) is 4.58. The van der Waals surface area contributed by atoms with Crippen molar-refractivity contribution in [3.8, 4) is 0 Å². The van der Waals surface area contributed by atoms with Gasteiger partial charge >= 0.3 is 18.1 Å². The number of carboxylic acids is 2. The number of ether oxygens (including phenoxy) is 1. The van der Waals surface area contributed by atoms with E-state index in [4.69, 9.17) is 20.4 Å². The van der Waals surface area contributed by atoms with Gasteiger partial charge in [-0.1, -0.05) is 20.8 Å². The molecule has 0 unspecified atom stereocenters. The molecule has 6 N–H and O–H groups in total. The van der Waals surface area contributed by atoms with Gasteiger partial charge in [-0.25, -0.2) is 9.59 Å². The second kappa shape index (κ2) is 14.3. The van der Waals surface area contributed by atoms with E-state index in [1.165, 1.54) is 6.92 Å². The maximum Gasteiger partial charge on any atom is 0.490 e. The van der Waals surface area contributed by atoms with Gasteiger partial charge in [0.15, 0.2) is 5.96 Å². The van der Waals surface area contributed by atoms with E-state index in [9.17, 15) is 27.9 Å². The molecule has 1 amide bonds. The Hall–Kier alpha value is -2.83. The number of halogens is 3. The van der Waals surface area contributed by atoms with E-state index in [-0.39, 0.29) is 30.0 Å². The maximum atomic E-state index is 11.7. The molecule has 0 fully saturated rings. The van der Waals surface area contributed by atoms with Crippen LogP contribution in [0.15, 0.2) is 16.6 Å². The van der Waals surface area contributed by atoms with Gasteiger partial charge in [-0.05, 0) is 25.3 Å². The summed E-state index contributed by atoms with van der Waals surface area (Å²) in [6, 6.07) is -0.860. The van der Waals surface area contributed by atoms with E-state index in [1.807, 2.05) is 20.8 Å². The Balaban J connectivity index is 0.00000126. The van der Waals surface area contributed by atoms with Crippen molar-refractivity contribution in [1.29, 1.82) is 0 Å². The molecule has 33 heavy (non-hydrogen) atoms. The molecule has 0 bridgehead atoms. The Morgan fingerprint density at radius 2 is 1.76 bits per heavy atom. The Labute approximate surface area is 190 Å². The number of guanidine groups is 1. The molecule has 0 aromatic carbocycles. The first-order valence-corrected chi connectivity index (χ1v) is 10.5. The molecule has 0 spiro atoms. The molecular formula is C20H33F3N4O6. The molecule has 1 aliphatic rings. The van der Waals surface area contributed by atoms with Crippen LogP contribution in [0.4, 0.5) is 13.2 Å². The fraction of sp³-hybridized carbons (Fsp3) is 0.700. The number of hydrogen-bond acceptors (Lipinski definition) is 5. The predicted octanol–water partition coefficient (Wildman–Crippen LogP) is 1.80. The number of nitrogens with two attached hydrogens (primary N) is 1. The first-order valence-electron chi connectivity index (χ1n) is 10.5. The number of aliphatic carboxylic acids is 2. The molecule has 0 saturated carbocycles. The molecule has 0 aromatic heterocycles. The van der Waals surface area contributed by atoms with Gasteiger partial charge in [-0.2, -0.15) is 13.2 Å². The van der Waals surface area contributed by atoms with Crippen LogP contribution in [-0.4, -0.2) is 71.0 Å². The third-order valence-electron chi connectivity index (χ3n) is 4.58. The van der Waals surface area contributed by atoms with Crippen LogP contribution in [0.1, 0.15) is 53.4 Å². The monoisotopic (exact) mass is 482 g/mol. The molecule has 1 aliphatic carbocycles. The molecule has 10 nitrogen and oxygen atoms in total. The number of amides is 1. The van der Waals surface area contributed by atoms with Gasteiger partial charge in [0, 0.05) is 25.5 Å². The average Bonchev–Trinajstić information content (AvgIpc) is 2.71. The largest absolute Gasteiger partial charge is 0.490 e. The minimum Gasteiger partial charge on any atom is -0.478 e. The fourth-order valence-corrected chi connectivity index (χ4v) is 2.97. The summed E-state index contributed by atoms with van der Waals surface area (Å²) in [5, 5.41) is 22.5. The van der Waals surface area contributed by atoms with E-state index in [1.54, 1.807) is 6.08 Å². The Morgan fingerprint density at radius 1 is 1.21 bits per heavy atom. The summed E-state index contributed by atoms with van der Waals surface area (Å²) in [6.07, 6.45) is -1.40. The summed E-state index contributed by atoms with van der Waals surface area (Å²) < 4.78 is 37.8. The van der Waals surface area contributed by atoms with Gasteiger partial charge in [-0.15, -0.1) is 0 Å². The number of nitrogens with zero attached hydrogens (tertiary/aromatic N) is 1. The highest BCUT2D eigenvalue weighted by Gasteiger charge is 2.38. The van der Waals surface area contributed by atoms with Crippen LogP contribution in [0.5, 0.6) is 0 Å². The van der Waals surface area contributed by atoms with Crippen LogP contribution < -0.4 is 16.4 Å². The lowest BCUT2D eigenvalue weighted by Gasteiger charge is -2.38. The van der Waals surface area contributed by atoms with Crippen molar-refractivity contribution in [2.45, 2.75) is 83.8 Å². The zero-order chi connectivity index (χ0) is 25.8. The lowest BCUT2D eigenvalue weighted by atomic mass is 9.87. The van der Waals surface area contributed by atoms with Crippen molar-refractivity contribution in [3.05, 3.63) is 11.6 Å². The first-order chi connectivity index (χ1) is 15.3. The molecule has 0 aliphatic heterocycles. The van der Waals surface area contributed by atoms with E-state index >= 15 is 0 Å². The van der Waals surface area contributed by atoms with Gasteiger partial charge < -0.3 is 31.3 Å². The zero-order valence-corrected chi connectivity index (χ0v) is 19.1. The van der Waals surface area contributed by atoms with Gasteiger partial charge in [0.2, 0.25) is 5.91 Å². The molecule has 0 saturated heterocycles. The number of carboxylic acid groups (broad SMARTS) is 2. The van der Waals surface area contributed by atoms with Crippen LogP contribution in [-0.2, 0) is 19.1 Å². The summed E-state index contributed by atoms with van der Waals surface area (Å²) >= 11 is 0. The number of alkyl halides is 3. The molecule has 3 atom stereocenters. The van der Waals surface area contributed by atoms with Crippen molar-refractivity contribution >= 4 is 23.8 Å². The number of hydrogen-bond donors (Lipinski definition) is 5. The normalized spacial score (nSPS) is 20.9. The van der Waals surface area contributed by atoms with Gasteiger partial charge in [-0.3, -0.25) is 9.79 Å². The van der Waals surface area contributed by atoms with Crippen LogP contribution in [0.2, 0.25) is 0 Å². The number of aliphatic imine (C=N–C) groups is 1. The van der Waals surface area contributed by atoms with E-state index in [2.05, 4.69) is 15.6 Å². The van der Waals surface area contributed by atoms with E-state index < -0.39 is 36.3 Å². The maximum absolute atomic E-state index is 11.7. The molecule has 13 heteroatoms. The van der Waals surface area contributed by atoms with Crippen molar-refractivity contribution in [1.82, 2.24) is 10.6 Å². The van der Waals surface area contributed by atoms with Crippen LogP contribution in [0.25, 0.3) is 0 Å².